The van der Waals surface area contributed by atoms with Crippen molar-refractivity contribution in [2.75, 3.05) is 45.5 Å². The van der Waals surface area contributed by atoms with Gasteiger partial charge in [-0.2, -0.15) is 4.31 Å². The Labute approximate surface area is 112 Å². The van der Waals surface area contributed by atoms with E-state index >= 15 is 0 Å². The van der Waals surface area contributed by atoms with Gasteiger partial charge in [0, 0.05) is 32.2 Å². The van der Waals surface area contributed by atoms with E-state index in [4.69, 9.17) is 0 Å². The normalized spacial score (nSPS) is 19.6. The van der Waals surface area contributed by atoms with Crippen molar-refractivity contribution in [2.45, 2.75) is 32.7 Å². The molecule has 1 aliphatic heterocycles. The van der Waals surface area contributed by atoms with Crippen LogP contribution in [-0.2, 0) is 10.0 Å². The average molecular weight is 277 g/mol. The van der Waals surface area contributed by atoms with E-state index in [0.717, 1.165) is 26.2 Å². The highest BCUT2D eigenvalue weighted by Gasteiger charge is 2.22. The Hall–Kier alpha value is -0.170. The molecule has 0 aliphatic carbocycles. The van der Waals surface area contributed by atoms with Crippen molar-refractivity contribution in [2.24, 2.45) is 0 Å². The third kappa shape index (κ3) is 6.13. The topological polar surface area (TPSA) is 52.6 Å². The van der Waals surface area contributed by atoms with Gasteiger partial charge in [0.1, 0.15) is 0 Å². The minimum absolute atomic E-state index is 0.559. The summed E-state index contributed by atoms with van der Waals surface area (Å²) in [5, 5.41) is 3.40. The lowest BCUT2D eigenvalue weighted by atomic mass is 10.2. The number of nitrogens with zero attached hydrogens (tertiary/aromatic N) is 2. The van der Waals surface area contributed by atoms with Gasteiger partial charge in [-0.1, -0.05) is 13.8 Å². The molecule has 1 N–H and O–H groups in total. The summed E-state index contributed by atoms with van der Waals surface area (Å²) in [7, 11) is -2.99. The summed E-state index contributed by atoms with van der Waals surface area (Å²) in [5.74, 6) is 0. The van der Waals surface area contributed by atoms with Gasteiger partial charge < -0.3 is 10.2 Å². The maximum Gasteiger partial charge on any atom is 0.211 e. The smallest absolute Gasteiger partial charge is 0.211 e. The predicted molar refractivity (Wildman–Crippen MR) is 75.2 cm³/mol. The number of piperazine rings is 1. The summed E-state index contributed by atoms with van der Waals surface area (Å²) in [6.07, 6.45) is 3.66. The first-order chi connectivity index (χ1) is 8.39. The van der Waals surface area contributed by atoms with Crippen LogP contribution in [-0.4, -0.2) is 69.2 Å². The summed E-state index contributed by atoms with van der Waals surface area (Å²) in [4.78, 5) is 2.36. The number of nitrogens with one attached hydrogen (secondary N) is 1. The van der Waals surface area contributed by atoms with Crippen molar-refractivity contribution in [1.82, 2.24) is 14.5 Å². The number of hydrogen-bond acceptors (Lipinski definition) is 4. The first-order valence-electron chi connectivity index (χ1n) is 6.80. The molecule has 0 aromatic rings. The second-order valence-corrected chi connectivity index (χ2v) is 7.30. The first-order valence-corrected chi connectivity index (χ1v) is 8.65. The number of hydrogen-bond donors (Lipinski definition) is 1. The second kappa shape index (κ2) is 7.43. The van der Waals surface area contributed by atoms with Gasteiger partial charge in [-0.3, -0.25) is 0 Å². The lowest BCUT2D eigenvalue weighted by molar-refractivity contribution is 0.186. The average Bonchev–Trinajstić information content (AvgIpc) is 2.27. The van der Waals surface area contributed by atoms with E-state index in [1.165, 1.54) is 19.1 Å². The van der Waals surface area contributed by atoms with Crippen molar-refractivity contribution in [3.63, 3.8) is 0 Å². The minimum Gasteiger partial charge on any atom is -0.315 e. The number of rotatable bonds is 7. The Kier molecular flexibility index (Phi) is 6.55. The van der Waals surface area contributed by atoms with E-state index in [9.17, 15) is 8.42 Å². The van der Waals surface area contributed by atoms with Crippen molar-refractivity contribution in [3.8, 4) is 0 Å². The zero-order valence-electron chi connectivity index (χ0n) is 11.9. The molecule has 0 unspecified atom stereocenters. The highest BCUT2D eigenvalue weighted by atomic mass is 32.2. The van der Waals surface area contributed by atoms with E-state index in [-0.39, 0.29) is 0 Å². The molecule has 1 rings (SSSR count). The first kappa shape index (κ1) is 15.9. The molecular formula is C12H27N3O2S. The van der Waals surface area contributed by atoms with E-state index in [1.54, 1.807) is 4.31 Å². The molecule has 0 radical (unpaired) electrons. The zero-order chi connectivity index (χ0) is 13.6. The van der Waals surface area contributed by atoms with Gasteiger partial charge in [-0.05, 0) is 25.9 Å². The third-order valence-corrected chi connectivity index (χ3v) is 4.56. The summed E-state index contributed by atoms with van der Waals surface area (Å²) in [6.45, 7) is 9.48. The molecule has 6 heteroatoms. The molecule has 1 aliphatic rings. The molecule has 0 atom stereocenters. The molecule has 0 spiro atoms. The molecule has 108 valence electrons. The molecule has 5 nitrogen and oxygen atoms in total. The van der Waals surface area contributed by atoms with Crippen LogP contribution in [0.3, 0.4) is 0 Å². The summed E-state index contributed by atoms with van der Waals surface area (Å²) < 4.78 is 24.3. The third-order valence-electron chi connectivity index (χ3n) is 3.25. The Morgan fingerprint density at radius 3 is 2.22 bits per heavy atom. The zero-order valence-corrected chi connectivity index (χ0v) is 12.7. The van der Waals surface area contributed by atoms with Gasteiger partial charge in [-0.15, -0.1) is 0 Å². The fourth-order valence-corrected chi connectivity index (χ4v) is 2.96. The maximum atomic E-state index is 11.4. The summed E-state index contributed by atoms with van der Waals surface area (Å²) >= 11 is 0. The fraction of sp³-hybridized carbons (Fsp3) is 1.00. The Balaban J connectivity index is 2.09. The van der Waals surface area contributed by atoms with Crippen molar-refractivity contribution >= 4 is 10.0 Å². The largest absolute Gasteiger partial charge is 0.315 e. The van der Waals surface area contributed by atoms with Crippen LogP contribution in [0.4, 0.5) is 0 Å². The molecular weight excluding hydrogens is 250 g/mol. The van der Waals surface area contributed by atoms with Crippen LogP contribution in [0.2, 0.25) is 0 Å². The van der Waals surface area contributed by atoms with Gasteiger partial charge in [0.05, 0.1) is 6.26 Å². The molecule has 0 amide bonds. The number of sulfonamides is 1. The fourth-order valence-electron chi connectivity index (χ4n) is 2.14. The molecule has 18 heavy (non-hydrogen) atoms. The predicted octanol–water partition coefficient (Wildman–Crippen LogP) is 0.342. The van der Waals surface area contributed by atoms with Crippen molar-refractivity contribution in [3.05, 3.63) is 0 Å². The summed E-state index contributed by atoms with van der Waals surface area (Å²) in [6, 6.07) is 0.559. The van der Waals surface area contributed by atoms with Crippen molar-refractivity contribution < 1.29 is 8.42 Å². The molecule has 1 saturated heterocycles. The van der Waals surface area contributed by atoms with E-state index < -0.39 is 10.0 Å². The van der Waals surface area contributed by atoms with Crippen LogP contribution < -0.4 is 5.32 Å². The van der Waals surface area contributed by atoms with Gasteiger partial charge >= 0.3 is 0 Å². The van der Waals surface area contributed by atoms with E-state index in [0.29, 0.717) is 19.1 Å². The van der Waals surface area contributed by atoms with Gasteiger partial charge in [0.15, 0.2) is 0 Å². The van der Waals surface area contributed by atoms with Crippen LogP contribution in [0.1, 0.15) is 26.7 Å². The lowest BCUT2D eigenvalue weighted by Crippen LogP contribution is -2.48. The van der Waals surface area contributed by atoms with Crippen LogP contribution in [0.25, 0.3) is 0 Å². The minimum atomic E-state index is -2.99. The molecule has 0 aromatic carbocycles. The van der Waals surface area contributed by atoms with Crippen LogP contribution in [0, 0.1) is 0 Å². The van der Waals surface area contributed by atoms with Crippen molar-refractivity contribution in [1.29, 1.82) is 0 Å². The Morgan fingerprint density at radius 1 is 1.11 bits per heavy atom. The lowest BCUT2D eigenvalue weighted by Gasteiger charge is -2.33. The highest BCUT2D eigenvalue weighted by molar-refractivity contribution is 7.88. The quantitative estimate of drug-likeness (QED) is 0.682. The number of unbranched alkanes of at least 4 members (excludes halogenated alkanes) is 1. The molecule has 1 fully saturated rings. The standard InChI is InChI=1S/C12H27N3O2S/c1-12(2)13-6-4-5-7-14-8-10-15(11-9-14)18(3,16)17/h12-13H,4-11H2,1-3H3. The van der Waals surface area contributed by atoms with Gasteiger partial charge in [0.25, 0.3) is 0 Å². The SMILES string of the molecule is CC(C)NCCCCN1CCN(S(C)(=O)=O)CC1. The van der Waals surface area contributed by atoms with Crippen LogP contribution in [0.5, 0.6) is 0 Å². The van der Waals surface area contributed by atoms with E-state index in [1.807, 2.05) is 0 Å². The molecule has 1 heterocycles. The maximum absolute atomic E-state index is 11.4. The molecule has 0 bridgehead atoms. The Bertz CT molecular complexity index is 322. The van der Waals surface area contributed by atoms with E-state index in [2.05, 4.69) is 24.1 Å². The monoisotopic (exact) mass is 277 g/mol. The van der Waals surface area contributed by atoms with Crippen LogP contribution >= 0.6 is 0 Å². The summed E-state index contributed by atoms with van der Waals surface area (Å²) in [5.41, 5.74) is 0. The van der Waals surface area contributed by atoms with Gasteiger partial charge in [-0.25, -0.2) is 8.42 Å². The highest BCUT2D eigenvalue weighted by Crippen LogP contribution is 2.06. The van der Waals surface area contributed by atoms with Crippen LogP contribution in [0.15, 0.2) is 0 Å². The molecule has 0 saturated carbocycles. The Morgan fingerprint density at radius 2 is 1.72 bits per heavy atom. The molecule has 0 aromatic heterocycles. The van der Waals surface area contributed by atoms with Gasteiger partial charge in [0.2, 0.25) is 10.0 Å². The second-order valence-electron chi connectivity index (χ2n) is 5.32.